The molecule has 3 amide bonds. The molecule has 6 nitrogen and oxygen atoms in total. The van der Waals surface area contributed by atoms with Gasteiger partial charge < -0.3 is 10.2 Å². The summed E-state index contributed by atoms with van der Waals surface area (Å²) in [6.45, 7) is 0. The fourth-order valence-electron chi connectivity index (χ4n) is 5.51. The summed E-state index contributed by atoms with van der Waals surface area (Å²) in [6.07, 6.45) is 3.70. The Bertz CT molecular complexity index is 1460. The molecular formula is C27H18Cl3N3O3. The van der Waals surface area contributed by atoms with Gasteiger partial charge in [-0.15, -0.1) is 0 Å². The molecule has 0 bridgehead atoms. The topological polar surface area (TPSA) is 69.7 Å². The van der Waals surface area contributed by atoms with Gasteiger partial charge in [0.1, 0.15) is 6.04 Å². The van der Waals surface area contributed by atoms with Crippen LogP contribution in [-0.4, -0.2) is 28.7 Å². The van der Waals surface area contributed by atoms with Crippen molar-refractivity contribution in [2.24, 2.45) is 11.8 Å². The second-order valence-corrected chi connectivity index (χ2v) is 10.2. The summed E-state index contributed by atoms with van der Waals surface area (Å²) in [5, 5.41) is 4.01. The molecule has 0 aromatic heterocycles. The lowest BCUT2D eigenvalue weighted by atomic mass is 9.84. The van der Waals surface area contributed by atoms with E-state index >= 15 is 0 Å². The predicted molar refractivity (Wildman–Crippen MR) is 140 cm³/mol. The van der Waals surface area contributed by atoms with E-state index in [1.807, 2.05) is 35.2 Å². The first-order valence-electron chi connectivity index (χ1n) is 11.3. The van der Waals surface area contributed by atoms with Crippen molar-refractivity contribution in [1.82, 2.24) is 4.90 Å². The van der Waals surface area contributed by atoms with Gasteiger partial charge in [-0.25, -0.2) is 4.90 Å². The molecule has 3 aliphatic heterocycles. The van der Waals surface area contributed by atoms with E-state index in [0.717, 1.165) is 16.0 Å². The molecule has 3 aromatic rings. The number of carbonyl (C=O) groups excluding carboxylic acids is 3. The van der Waals surface area contributed by atoms with E-state index < -0.39 is 35.7 Å². The zero-order valence-corrected chi connectivity index (χ0v) is 20.8. The van der Waals surface area contributed by atoms with Crippen LogP contribution in [0.5, 0.6) is 0 Å². The molecule has 0 aliphatic carbocycles. The zero-order valence-electron chi connectivity index (χ0n) is 18.6. The van der Waals surface area contributed by atoms with Gasteiger partial charge in [-0.3, -0.25) is 14.4 Å². The van der Waals surface area contributed by atoms with Gasteiger partial charge in [0.05, 0.1) is 28.6 Å². The number of imide groups is 1. The van der Waals surface area contributed by atoms with E-state index in [0.29, 0.717) is 15.7 Å². The Kier molecular flexibility index (Phi) is 5.56. The van der Waals surface area contributed by atoms with E-state index in [-0.39, 0.29) is 16.6 Å². The Labute approximate surface area is 222 Å². The Morgan fingerprint density at radius 1 is 0.833 bits per heavy atom. The van der Waals surface area contributed by atoms with E-state index in [1.54, 1.807) is 42.6 Å². The molecule has 180 valence electrons. The average Bonchev–Trinajstić information content (AvgIpc) is 3.34. The van der Waals surface area contributed by atoms with Crippen LogP contribution in [0.25, 0.3) is 6.08 Å². The number of carbonyl (C=O) groups is 3. The van der Waals surface area contributed by atoms with Crippen molar-refractivity contribution in [3.8, 4) is 0 Å². The standard InChI is InChI=1S/C27H18Cl3N3O3/c28-15-5-8-17(9-6-15)31-25(34)24-22-21(23-18-4-2-1-3-14(18)11-12-32(23)24)26(35)33(27(22)36)20-10-7-16(29)13-19(20)30/h1-13,21-24H,(H,31,34). The highest BCUT2D eigenvalue weighted by Crippen LogP contribution is 2.53. The molecule has 9 heteroatoms. The van der Waals surface area contributed by atoms with Crippen LogP contribution in [0.4, 0.5) is 11.4 Å². The Balaban J connectivity index is 1.45. The summed E-state index contributed by atoms with van der Waals surface area (Å²) in [4.78, 5) is 44.4. The fraction of sp³-hybridized carbons (Fsp3) is 0.148. The number of amides is 3. The van der Waals surface area contributed by atoms with Gasteiger partial charge in [0, 0.05) is 21.9 Å². The second kappa shape index (κ2) is 8.66. The van der Waals surface area contributed by atoms with Gasteiger partial charge in [0.15, 0.2) is 0 Å². The minimum atomic E-state index is -0.909. The smallest absolute Gasteiger partial charge is 0.247 e. The average molecular weight is 539 g/mol. The van der Waals surface area contributed by atoms with E-state index in [4.69, 9.17) is 34.8 Å². The van der Waals surface area contributed by atoms with Crippen LogP contribution in [0.2, 0.25) is 15.1 Å². The Morgan fingerprint density at radius 3 is 2.28 bits per heavy atom. The lowest BCUT2D eigenvalue weighted by Gasteiger charge is -2.35. The molecule has 3 aromatic carbocycles. The molecule has 0 saturated carbocycles. The highest BCUT2D eigenvalue weighted by molar-refractivity contribution is 6.38. The maximum absolute atomic E-state index is 13.9. The monoisotopic (exact) mass is 537 g/mol. The molecule has 4 atom stereocenters. The molecule has 4 unspecified atom stereocenters. The van der Waals surface area contributed by atoms with E-state index in [9.17, 15) is 14.4 Å². The number of hydrogen-bond donors (Lipinski definition) is 1. The van der Waals surface area contributed by atoms with Crippen LogP contribution in [0.1, 0.15) is 17.2 Å². The van der Waals surface area contributed by atoms with Crippen LogP contribution in [0, 0.1) is 11.8 Å². The molecule has 2 fully saturated rings. The zero-order chi connectivity index (χ0) is 25.1. The predicted octanol–water partition coefficient (Wildman–Crippen LogP) is 5.80. The van der Waals surface area contributed by atoms with E-state index in [1.165, 1.54) is 6.07 Å². The maximum Gasteiger partial charge on any atom is 0.247 e. The van der Waals surface area contributed by atoms with Crippen molar-refractivity contribution in [2.75, 3.05) is 10.2 Å². The molecule has 2 saturated heterocycles. The molecule has 6 rings (SSSR count). The highest BCUT2D eigenvalue weighted by Gasteiger charge is 2.64. The van der Waals surface area contributed by atoms with Crippen LogP contribution >= 0.6 is 34.8 Å². The number of halogens is 3. The lowest BCUT2D eigenvalue weighted by molar-refractivity contribution is -0.128. The van der Waals surface area contributed by atoms with Crippen LogP contribution < -0.4 is 10.2 Å². The first kappa shape index (κ1) is 23.1. The minimum Gasteiger partial charge on any atom is -0.357 e. The summed E-state index contributed by atoms with van der Waals surface area (Å²) in [6, 6.07) is 17.6. The van der Waals surface area contributed by atoms with Crippen LogP contribution in [0.3, 0.4) is 0 Å². The van der Waals surface area contributed by atoms with Crippen molar-refractivity contribution < 1.29 is 14.4 Å². The number of rotatable bonds is 3. The molecular weight excluding hydrogens is 521 g/mol. The van der Waals surface area contributed by atoms with Crippen molar-refractivity contribution in [3.05, 3.63) is 99.1 Å². The molecule has 0 spiro atoms. The van der Waals surface area contributed by atoms with Gasteiger partial charge >= 0.3 is 0 Å². The Hall–Kier alpha value is -3.32. The summed E-state index contributed by atoms with van der Waals surface area (Å²) >= 11 is 18.4. The van der Waals surface area contributed by atoms with Crippen molar-refractivity contribution in [3.63, 3.8) is 0 Å². The summed E-state index contributed by atoms with van der Waals surface area (Å²) in [5.41, 5.74) is 2.63. The Morgan fingerprint density at radius 2 is 1.53 bits per heavy atom. The minimum absolute atomic E-state index is 0.187. The van der Waals surface area contributed by atoms with Gasteiger partial charge in [0.2, 0.25) is 17.7 Å². The first-order chi connectivity index (χ1) is 17.3. The van der Waals surface area contributed by atoms with Gasteiger partial charge in [-0.05, 0) is 59.7 Å². The van der Waals surface area contributed by atoms with Crippen molar-refractivity contribution in [2.45, 2.75) is 12.1 Å². The van der Waals surface area contributed by atoms with Crippen LogP contribution in [-0.2, 0) is 14.4 Å². The third kappa shape index (κ3) is 3.52. The van der Waals surface area contributed by atoms with Gasteiger partial charge in [-0.1, -0.05) is 59.1 Å². The molecule has 36 heavy (non-hydrogen) atoms. The normalized spacial score (nSPS) is 24.0. The second-order valence-electron chi connectivity index (χ2n) is 8.94. The number of benzene rings is 3. The fourth-order valence-corrected chi connectivity index (χ4v) is 6.13. The van der Waals surface area contributed by atoms with Gasteiger partial charge in [-0.2, -0.15) is 0 Å². The molecule has 0 radical (unpaired) electrons. The number of fused-ring (bicyclic) bond motifs is 5. The quantitative estimate of drug-likeness (QED) is 0.428. The number of anilines is 2. The molecule has 3 aliphatic rings. The summed E-state index contributed by atoms with van der Waals surface area (Å²) in [7, 11) is 0. The third-order valence-corrected chi connectivity index (χ3v) is 7.78. The van der Waals surface area contributed by atoms with Crippen molar-refractivity contribution in [1.29, 1.82) is 0 Å². The maximum atomic E-state index is 13.9. The third-order valence-electron chi connectivity index (χ3n) is 6.99. The number of hydrogen-bond acceptors (Lipinski definition) is 4. The summed E-state index contributed by atoms with van der Waals surface area (Å²) in [5.74, 6) is -2.92. The largest absolute Gasteiger partial charge is 0.357 e. The van der Waals surface area contributed by atoms with E-state index in [2.05, 4.69) is 5.32 Å². The summed E-state index contributed by atoms with van der Waals surface area (Å²) < 4.78 is 0. The van der Waals surface area contributed by atoms with Crippen LogP contribution in [0.15, 0.2) is 72.9 Å². The van der Waals surface area contributed by atoms with Gasteiger partial charge in [0.25, 0.3) is 0 Å². The first-order valence-corrected chi connectivity index (χ1v) is 12.4. The highest BCUT2D eigenvalue weighted by atomic mass is 35.5. The molecule has 3 heterocycles. The SMILES string of the molecule is O=C(Nc1ccc(Cl)cc1)C1C2C(=O)N(c3ccc(Cl)cc3Cl)C(=O)C2C2c3ccccc3C=CN12. The number of nitrogens with zero attached hydrogens (tertiary/aromatic N) is 2. The number of nitrogens with one attached hydrogen (secondary N) is 1. The van der Waals surface area contributed by atoms with Crippen molar-refractivity contribution >= 4 is 70.0 Å². The molecule has 1 N–H and O–H groups in total. The lowest BCUT2D eigenvalue weighted by Crippen LogP contribution is -2.46.